The minimum atomic E-state index is -3.44. The van der Waals surface area contributed by atoms with E-state index in [0.29, 0.717) is 18.6 Å². The van der Waals surface area contributed by atoms with Crippen molar-refractivity contribution in [3.05, 3.63) is 24.2 Å². The van der Waals surface area contributed by atoms with Crippen molar-refractivity contribution >= 4 is 21.9 Å². The summed E-state index contributed by atoms with van der Waals surface area (Å²) in [5.41, 5.74) is 0. The van der Waals surface area contributed by atoms with E-state index in [1.165, 1.54) is 6.26 Å². The molecule has 0 unspecified atom stereocenters. The first kappa shape index (κ1) is 17.5. The highest BCUT2D eigenvalue weighted by atomic mass is 32.2. The summed E-state index contributed by atoms with van der Waals surface area (Å²) < 4.78 is 35.7. The van der Waals surface area contributed by atoms with Crippen LogP contribution in [0.3, 0.4) is 0 Å². The van der Waals surface area contributed by atoms with Crippen LogP contribution in [0.5, 0.6) is 0 Å². The van der Waals surface area contributed by atoms with Crippen molar-refractivity contribution in [3.8, 4) is 0 Å². The zero-order chi connectivity index (χ0) is 16.9. The van der Waals surface area contributed by atoms with E-state index in [-0.39, 0.29) is 13.0 Å². The van der Waals surface area contributed by atoms with Crippen molar-refractivity contribution in [1.82, 2.24) is 10.0 Å². The molecule has 0 saturated heterocycles. The summed E-state index contributed by atoms with van der Waals surface area (Å²) in [4.78, 5) is 23.8. The molecule has 1 heterocycles. The molecular weight excluding hydrogens is 324 g/mol. The van der Waals surface area contributed by atoms with Crippen molar-refractivity contribution in [1.29, 1.82) is 0 Å². The van der Waals surface area contributed by atoms with Crippen LogP contribution in [-0.2, 0) is 30.8 Å². The average Bonchev–Trinajstić information content (AvgIpc) is 3.25. The van der Waals surface area contributed by atoms with Gasteiger partial charge in [0.05, 0.1) is 24.7 Å². The molecule has 0 bridgehead atoms. The monoisotopic (exact) mass is 344 g/mol. The van der Waals surface area contributed by atoms with Crippen LogP contribution < -0.4 is 10.0 Å². The molecule has 23 heavy (non-hydrogen) atoms. The number of hydrogen-bond acceptors (Lipinski definition) is 6. The maximum absolute atomic E-state index is 11.9. The van der Waals surface area contributed by atoms with Gasteiger partial charge in [0.15, 0.2) is 0 Å². The Bertz CT molecular complexity index is 636. The third kappa shape index (κ3) is 5.36. The fraction of sp³-hybridized carbons (Fsp3) is 0.571. The van der Waals surface area contributed by atoms with Gasteiger partial charge in [0.1, 0.15) is 11.8 Å². The zero-order valence-electron chi connectivity index (χ0n) is 12.8. The Morgan fingerprint density at radius 2 is 2.17 bits per heavy atom. The largest absolute Gasteiger partial charge is 0.469 e. The second-order valence-corrected chi connectivity index (χ2v) is 7.27. The van der Waals surface area contributed by atoms with Gasteiger partial charge < -0.3 is 14.5 Å². The van der Waals surface area contributed by atoms with E-state index in [4.69, 9.17) is 9.15 Å². The molecule has 1 saturated carbocycles. The van der Waals surface area contributed by atoms with Crippen molar-refractivity contribution in [3.63, 3.8) is 0 Å². The minimum absolute atomic E-state index is 0.132. The maximum atomic E-state index is 11.9. The summed E-state index contributed by atoms with van der Waals surface area (Å²) in [5, 5.41) is 2.07. The number of amides is 1. The van der Waals surface area contributed by atoms with Crippen LogP contribution >= 0.6 is 0 Å². The maximum Gasteiger partial charge on any atom is 0.329 e. The minimum Gasteiger partial charge on any atom is -0.469 e. The van der Waals surface area contributed by atoms with Crippen molar-refractivity contribution in [2.75, 3.05) is 13.2 Å². The first-order valence-electron chi connectivity index (χ1n) is 7.39. The van der Waals surface area contributed by atoms with E-state index in [1.807, 2.05) is 0 Å². The molecular formula is C14H20N2O6S. The molecule has 1 aromatic rings. The molecule has 8 nitrogen and oxygen atoms in total. The number of furan rings is 1. The van der Waals surface area contributed by atoms with Gasteiger partial charge in [0.2, 0.25) is 15.9 Å². The molecule has 1 aliphatic carbocycles. The third-order valence-electron chi connectivity index (χ3n) is 3.29. The Morgan fingerprint density at radius 3 is 2.74 bits per heavy atom. The molecule has 2 N–H and O–H groups in total. The third-order valence-corrected chi connectivity index (χ3v) is 5.18. The summed E-state index contributed by atoms with van der Waals surface area (Å²) in [7, 11) is -3.44. The number of sulfonamides is 1. The number of esters is 1. The van der Waals surface area contributed by atoms with Crippen LogP contribution in [0.15, 0.2) is 22.8 Å². The van der Waals surface area contributed by atoms with E-state index >= 15 is 0 Å². The lowest BCUT2D eigenvalue weighted by molar-refractivity contribution is -0.147. The second kappa shape index (κ2) is 7.60. The summed E-state index contributed by atoms with van der Waals surface area (Å²) in [6.07, 6.45) is 2.82. The lowest BCUT2D eigenvalue weighted by Gasteiger charge is -2.16. The smallest absolute Gasteiger partial charge is 0.329 e. The first-order valence-corrected chi connectivity index (χ1v) is 8.94. The lowest BCUT2D eigenvalue weighted by atomic mass is 10.1. The summed E-state index contributed by atoms with van der Waals surface area (Å²) in [6.45, 7) is 1.43. The molecule has 1 aromatic heterocycles. The lowest BCUT2D eigenvalue weighted by Crippen LogP contribution is -2.47. The molecule has 2 rings (SSSR count). The van der Waals surface area contributed by atoms with Crippen LogP contribution in [0.4, 0.5) is 0 Å². The van der Waals surface area contributed by atoms with Gasteiger partial charge in [-0.3, -0.25) is 4.79 Å². The van der Waals surface area contributed by atoms with Gasteiger partial charge in [-0.2, -0.15) is 0 Å². The van der Waals surface area contributed by atoms with E-state index in [9.17, 15) is 18.0 Å². The molecule has 0 aliphatic heterocycles. The van der Waals surface area contributed by atoms with Crippen LogP contribution in [0, 0.1) is 0 Å². The Morgan fingerprint density at radius 1 is 1.43 bits per heavy atom. The van der Waals surface area contributed by atoms with Gasteiger partial charge in [0, 0.05) is 6.42 Å². The van der Waals surface area contributed by atoms with Crippen LogP contribution in [0.2, 0.25) is 0 Å². The zero-order valence-corrected chi connectivity index (χ0v) is 13.6. The Hall–Kier alpha value is -1.87. The van der Waals surface area contributed by atoms with Gasteiger partial charge in [-0.25, -0.2) is 17.9 Å². The topological polar surface area (TPSA) is 115 Å². The van der Waals surface area contributed by atoms with Crippen LogP contribution in [-0.4, -0.2) is 44.7 Å². The standard InChI is InChI=1S/C14H20N2O6S/c1-2-21-14(18)12(8-10-4-3-7-22-10)16-13(17)9-15-23(19,20)11-5-6-11/h3-4,7,11-12,15H,2,5-6,8-9H2,1H3,(H,16,17)/t12-/m0/s1. The predicted molar refractivity (Wildman–Crippen MR) is 80.9 cm³/mol. The number of nitrogens with one attached hydrogen (secondary N) is 2. The molecule has 0 spiro atoms. The second-order valence-electron chi connectivity index (χ2n) is 5.22. The highest BCUT2D eigenvalue weighted by molar-refractivity contribution is 7.90. The molecule has 1 amide bonds. The highest BCUT2D eigenvalue weighted by Gasteiger charge is 2.35. The molecule has 0 radical (unpaired) electrons. The van der Waals surface area contributed by atoms with Gasteiger partial charge >= 0.3 is 5.97 Å². The van der Waals surface area contributed by atoms with Crippen LogP contribution in [0.1, 0.15) is 25.5 Å². The Labute approximate surface area is 134 Å². The molecule has 1 aliphatic rings. The number of ether oxygens (including phenoxy) is 1. The molecule has 1 atom stereocenters. The number of rotatable bonds is 9. The number of hydrogen-bond donors (Lipinski definition) is 2. The van der Waals surface area contributed by atoms with E-state index in [0.717, 1.165) is 0 Å². The fourth-order valence-electron chi connectivity index (χ4n) is 1.97. The van der Waals surface area contributed by atoms with Crippen molar-refractivity contribution in [2.24, 2.45) is 0 Å². The normalized spacial score (nSPS) is 15.9. The fourth-order valence-corrected chi connectivity index (χ4v) is 3.30. The molecule has 0 aromatic carbocycles. The Balaban J connectivity index is 1.90. The summed E-state index contributed by atoms with van der Waals surface area (Å²) in [5.74, 6) is -0.678. The van der Waals surface area contributed by atoms with Crippen molar-refractivity contribution < 1.29 is 27.2 Å². The van der Waals surface area contributed by atoms with Crippen LogP contribution in [0.25, 0.3) is 0 Å². The highest BCUT2D eigenvalue weighted by Crippen LogP contribution is 2.27. The molecule has 1 fully saturated rings. The van der Waals surface area contributed by atoms with Gasteiger partial charge in [-0.15, -0.1) is 0 Å². The van der Waals surface area contributed by atoms with Gasteiger partial charge in [-0.05, 0) is 31.9 Å². The SMILES string of the molecule is CCOC(=O)[C@H](Cc1ccco1)NC(=O)CNS(=O)(=O)C1CC1. The number of carbonyl (C=O) groups is 2. The average molecular weight is 344 g/mol. The van der Waals surface area contributed by atoms with Gasteiger partial charge in [0.25, 0.3) is 0 Å². The van der Waals surface area contributed by atoms with Gasteiger partial charge in [-0.1, -0.05) is 0 Å². The predicted octanol–water partition coefficient (Wildman–Crippen LogP) is -0.0482. The summed E-state index contributed by atoms with van der Waals surface area (Å²) in [6, 6.07) is 2.41. The van der Waals surface area contributed by atoms with E-state index in [2.05, 4.69) is 10.0 Å². The summed E-state index contributed by atoms with van der Waals surface area (Å²) >= 11 is 0. The molecule has 128 valence electrons. The molecule has 9 heteroatoms. The van der Waals surface area contributed by atoms with Crippen molar-refractivity contribution in [2.45, 2.75) is 37.5 Å². The van der Waals surface area contributed by atoms with E-state index < -0.39 is 39.7 Å². The van der Waals surface area contributed by atoms with E-state index in [1.54, 1.807) is 19.1 Å². The number of carbonyl (C=O) groups excluding carboxylic acids is 2. The first-order chi connectivity index (χ1) is 10.9. The quantitative estimate of drug-likeness (QED) is 0.607. The Kier molecular flexibility index (Phi) is 5.78.